The third-order valence-electron chi connectivity index (χ3n) is 4.12. The lowest BCUT2D eigenvalue weighted by atomic mass is 10.1. The third-order valence-corrected chi connectivity index (χ3v) is 6.30. The molecule has 0 aromatic heterocycles. The Balaban J connectivity index is 1.83. The second kappa shape index (κ2) is 8.90. The highest BCUT2D eigenvalue weighted by atomic mass is 127. The Morgan fingerprint density at radius 1 is 1.50 bits per heavy atom. The fourth-order valence-electron chi connectivity index (χ4n) is 2.93. The average Bonchev–Trinajstić information content (AvgIpc) is 3.20. The van der Waals surface area contributed by atoms with E-state index in [2.05, 4.69) is 22.6 Å². The summed E-state index contributed by atoms with van der Waals surface area (Å²) >= 11 is 8.94. The van der Waals surface area contributed by atoms with Gasteiger partial charge in [0.05, 0.1) is 34.8 Å². The average molecular weight is 505 g/mol. The molecule has 5 nitrogen and oxygen atoms in total. The fourth-order valence-corrected chi connectivity index (χ4v) is 5.05. The number of nitrogens with zero attached hydrogens (tertiary/aromatic N) is 1. The van der Waals surface area contributed by atoms with Gasteiger partial charge in [0, 0.05) is 6.61 Å². The van der Waals surface area contributed by atoms with Crippen molar-refractivity contribution < 1.29 is 19.0 Å². The van der Waals surface area contributed by atoms with E-state index in [1.807, 2.05) is 25.1 Å². The van der Waals surface area contributed by atoms with Gasteiger partial charge in [-0.05, 0) is 66.1 Å². The van der Waals surface area contributed by atoms with Crippen LogP contribution in [0.2, 0.25) is 0 Å². The summed E-state index contributed by atoms with van der Waals surface area (Å²) in [4.78, 5) is 15.0. The highest BCUT2D eigenvalue weighted by Gasteiger charge is 2.34. The molecule has 26 heavy (non-hydrogen) atoms. The summed E-state index contributed by atoms with van der Waals surface area (Å²) < 4.78 is 18.2. The molecule has 2 heterocycles. The number of halogens is 1. The smallest absolute Gasteiger partial charge is 0.266 e. The van der Waals surface area contributed by atoms with Gasteiger partial charge in [0.1, 0.15) is 4.32 Å². The summed E-state index contributed by atoms with van der Waals surface area (Å²) in [5, 5.41) is 0. The van der Waals surface area contributed by atoms with Crippen molar-refractivity contribution in [1.82, 2.24) is 4.90 Å². The summed E-state index contributed by atoms with van der Waals surface area (Å²) in [6.45, 7) is 3.76. The summed E-state index contributed by atoms with van der Waals surface area (Å²) in [6, 6.07) is 3.85. The summed E-state index contributed by atoms with van der Waals surface area (Å²) in [6.07, 6.45) is 3.96. The minimum absolute atomic E-state index is 0.0562. The van der Waals surface area contributed by atoms with Crippen LogP contribution in [0.25, 0.3) is 6.08 Å². The number of thiocarbonyl (C=S) groups is 1. The molecule has 0 saturated carbocycles. The van der Waals surface area contributed by atoms with E-state index in [1.54, 1.807) is 12.0 Å². The number of rotatable bonds is 6. The van der Waals surface area contributed by atoms with E-state index >= 15 is 0 Å². The summed E-state index contributed by atoms with van der Waals surface area (Å²) in [7, 11) is 1.62. The molecule has 2 aliphatic heterocycles. The van der Waals surface area contributed by atoms with Gasteiger partial charge < -0.3 is 14.2 Å². The number of thioether (sulfide) groups is 1. The topological polar surface area (TPSA) is 48.0 Å². The Morgan fingerprint density at radius 3 is 2.96 bits per heavy atom. The quantitative estimate of drug-likeness (QED) is 0.330. The predicted octanol–water partition coefficient (Wildman–Crippen LogP) is 4.08. The number of methoxy groups -OCH3 is 1. The lowest BCUT2D eigenvalue weighted by Gasteiger charge is -2.18. The lowest BCUT2D eigenvalue weighted by molar-refractivity contribution is -0.123. The molecule has 0 bridgehead atoms. The van der Waals surface area contributed by atoms with E-state index in [9.17, 15) is 4.79 Å². The summed E-state index contributed by atoms with van der Waals surface area (Å²) in [5.74, 6) is 1.32. The number of hydrogen-bond acceptors (Lipinski definition) is 6. The van der Waals surface area contributed by atoms with Crippen LogP contribution in [0.15, 0.2) is 17.0 Å². The van der Waals surface area contributed by atoms with Crippen LogP contribution in [-0.2, 0) is 9.53 Å². The largest absolute Gasteiger partial charge is 0.492 e. The maximum absolute atomic E-state index is 12.8. The van der Waals surface area contributed by atoms with E-state index in [1.165, 1.54) is 11.8 Å². The van der Waals surface area contributed by atoms with Gasteiger partial charge in [-0.25, -0.2) is 0 Å². The first-order chi connectivity index (χ1) is 12.5. The van der Waals surface area contributed by atoms with Crippen molar-refractivity contribution in [3.63, 3.8) is 0 Å². The van der Waals surface area contributed by atoms with Gasteiger partial charge in [-0.15, -0.1) is 0 Å². The van der Waals surface area contributed by atoms with Crippen molar-refractivity contribution in [3.05, 3.63) is 26.2 Å². The van der Waals surface area contributed by atoms with Gasteiger partial charge in [0.25, 0.3) is 5.91 Å². The lowest BCUT2D eigenvalue weighted by Crippen LogP contribution is -2.35. The number of benzene rings is 1. The Hall–Kier alpha value is -0.840. The first kappa shape index (κ1) is 19.9. The standard InChI is InChI=1S/C18H20INO4S2/c1-3-23-14-8-11(7-13(19)16(14)22-2)9-15-17(21)20(18(25)26-15)10-12-5-4-6-24-12/h7-9,12H,3-6,10H2,1-2H3/b15-9-/t12-/m0/s1. The van der Waals surface area contributed by atoms with Crippen LogP contribution in [0.1, 0.15) is 25.3 Å². The molecule has 2 aliphatic rings. The first-order valence-corrected chi connectivity index (χ1v) is 10.7. The number of carbonyl (C=O) groups excluding carboxylic acids is 1. The normalized spacial score (nSPS) is 21.7. The molecule has 0 N–H and O–H groups in total. The number of hydrogen-bond donors (Lipinski definition) is 0. The molecule has 0 spiro atoms. The molecule has 0 unspecified atom stereocenters. The van der Waals surface area contributed by atoms with Gasteiger partial charge in [-0.3, -0.25) is 9.69 Å². The molecule has 1 aromatic rings. The van der Waals surface area contributed by atoms with Crippen molar-refractivity contribution in [2.24, 2.45) is 0 Å². The molecular formula is C18H20INO4S2. The highest BCUT2D eigenvalue weighted by molar-refractivity contribution is 14.1. The van der Waals surface area contributed by atoms with Crippen LogP contribution in [0.3, 0.4) is 0 Å². The number of amides is 1. The SMILES string of the molecule is CCOc1cc(/C=C2\SC(=S)N(C[C@@H]3CCCO3)C2=O)cc(I)c1OC. The van der Waals surface area contributed by atoms with E-state index in [-0.39, 0.29) is 12.0 Å². The zero-order valence-electron chi connectivity index (χ0n) is 14.6. The molecule has 1 atom stereocenters. The minimum Gasteiger partial charge on any atom is -0.492 e. The second-order valence-electron chi connectivity index (χ2n) is 5.89. The molecule has 2 saturated heterocycles. The molecule has 0 aliphatic carbocycles. The molecule has 140 valence electrons. The maximum atomic E-state index is 12.8. The first-order valence-electron chi connectivity index (χ1n) is 8.40. The number of carbonyl (C=O) groups is 1. The molecule has 8 heteroatoms. The van der Waals surface area contributed by atoms with Gasteiger partial charge >= 0.3 is 0 Å². The molecule has 2 fully saturated rings. The minimum atomic E-state index is -0.0562. The fraction of sp³-hybridized carbons (Fsp3) is 0.444. The maximum Gasteiger partial charge on any atom is 0.266 e. The van der Waals surface area contributed by atoms with Crippen LogP contribution in [0.5, 0.6) is 11.5 Å². The Labute approximate surface area is 176 Å². The third kappa shape index (κ3) is 4.35. The second-order valence-corrected chi connectivity index (χ2v) is 8.73. The van der Waals surface area contributed by atoms with Gasteiger partial charge in [-0.1, -0.05) is 24.0 Å². The van der Waals surface area contributed by atoms with Crippen LogP contribution in [-0.4, -0.2) is 48.1 Å². The predicted molar refractivity (Wildman–Crippen MR) is 116 cm³/mol. The van der Waals surface area contributed by atoms with E-state index in [4.69, 9.17) is 26.4 Å². The van der Waals surface area contributed by atoms with Gasteiger partial charge in [0.2, 0.25) is 0 Å². The Kier molecular flexibility index (Phi) is 6.81. The Bertz CT molecular complexity index is 747. The molecule has 3 rings (SSSR count). The summed E-state index contributed by atoms with van der Waals surface area (Å²) in [5.41, 5.74) is 0.885. The van der Waals surface area contributed by atoms with Crippen molar-refractivity contribution in [3.8, 4) is 11.5 Å². The van der Waals surface area contributed by atoms with E-state index < -0.39 is 0 Å². The van der Waals surface area contributed by atoms with Crippen molar-refractivity contribution in [1.29, 1.82) is 0 Å². The number of ether oxygens (including phenoxy) is 3. The van der Waals surface area contributed by atoms with Crippen molar-refractivity contribution in [2.45, 2.75) is 25.9 Å². The van der Waals surface area contributed by atoms with Crippen LogP contribution < -0.4 is 9.47 Å². The van der Waals surface area contributed by atoms with Gasteiger partial charge in [0.15, 0.2) is 11.5 Å². The van der Waals surface area contributed by atoms with Crippen LogP contribution >= 0.6 is 46.6 Å². The Morgan fingerprint density at radius 2 is 2.31 bits per heavy atom. The highest BCUT2D eigenvalue weighted by Crippen LogP contribution is 2.37. The van der Waals surface area contributed by atoms with E-state index in [0.717, 1.165) is 28.6 Å². The van der Waals surface area contributed by atoms with Crippen molar-refractivity contribution >= 4 is 62.9 Å². The van der Waals surface area contributed by atoms with E-state index in [0.29, 0.717) is 33.9 Å². The zero-order chi connectivity index (χ0) is 18.7. The zero-order valence-corrected chi connectivity index (χ0v) is 18.4. The monoisotopic (exact) mass is 505 g/mol. The molecule has 1 amide bonds. The van der Waals surface area contributed by atoms with Crippen molar-refractivity contribution in [2.75, 3.05) is 26.9 Å². The van der Waals surface area contributed by atoms with Gasteiger partial charge in [-0.2, -0.15) is 0 Å². The van der Waals surface area contributed by atoms with Crippen LogP contribution in [0.4, 0.5) is 0 Å². The van der Waals surface area contributed by atoms with Crippen LogP contribution in [0, 0.1) is 3.57 Å². The molecule has 0 radical (unpaired) electrons. The molecular weight excluding hydrogens is 485 g/mol. The molecule has 1 aromatic carbocycles.